The average molecular weight is 293 g/mol. The highest BCUT2D eigenvalue weighted by molar-refractivity contribution is 5.97. The van der Waals surface area contributed by atoms with Gasteiger partial charge in [0, 0.05) is 42.5 Å². The molecule has 0 fully saturated rings. The molecule has 5 heteroatoms. The van der Waals surface area contributed by atoms with Gasteiger partial charge in [-0.15, -0.1) is 0 Å². The third kappa shape index (κ3) is 3.03. The van der Waals surface area contributed by atoms with Gasteiger partial charge in [-0.1, -0.05) is 12.1 Å². The first kappa shape index (κ1) is 14.0. The lowest BCUT2D eigenvalue weighted by atomic mass is 10.1. The summed E-state index contributed by atoms with van der Waals surface area (Å²) in [6.07, 6.45) is 3.43. The summed E-state index contributed by atoms with van der Waals surface area (Å²) in [6.45, 7) is 0.842. The number of benzene rings is 1. The maximum Gasteiger partial charge on any atom is 0.251 e. The lowest BCUT2D eigenvalue weighted by molar-refractivity contribution is 0.0952. The van der Waals surface area contributed by atoms with Gasteiger partial charge in [0.1, 0.15) is 0 Å². The number of carbonyl (C=O) groups is 1. The van der Waals surface area contributed by atoms with Crippen LogP contribution in [0.25, 0.3) is 10.9 Å². The van der Waals surface area contributed by atoms with Gasteiger partial charge in [0.05, 0.1) is 5.52 Å². The minimum absolute atomic E-state index is 0.0754. The van der Waals surface area contributed by atoms with Crippen molar-refractivity contribution in [3.63, 3.8) is 0 Å². The van der Waals surface area contributed by atoms with E-state index >= 15 is 0 Å². The number of nitrogens with zero attached hydrogens (tertiary/aromatic N) is 2. The molecule has 0 aliphatic carbocycles. The molecule has 1 amide bonds. The summed E-state index contributed by atoms with van der Waals surface area (Å²) in [7, 11) is 0. The second-order valence-corrected chi connectivity index (χ2v) is 4.90. The Balaban J connectivity index is 1.66. The van der Waals surface area contributed by atoms with Gasteiger partial charge in [-0.05, 0) is 30.3 Å². The minimum atomic E-state index is -0.158. The van der Waals surface area contributed by atoms with E-state index in [0.29, 0.717) is 18.7 Å². The maximum absolute atomic E-state index is 12.1. The van der Waals surface area contributed by atoms with E-state index in [1.807, 2.05) is 24.3 Å². The fourth-order valence-electron chi connectivity index (χ4n) is 2.25. The summed E-state index contributed by atoms with van der Waals surface area (Å²) in [5.41, 5.74) is 1.37. The summed E-state index contributed by atoms with van der Waals surface area (Å²) in [4.78, 5) is 27.9. The van der Waals surface area contributed by atoms with Crippen molar-refractivity contribution in [1.82, 2.24) is 14.9 Å². The summed E-state index contributed by atoms with van der Waals surface area (Å²) in [6, 6.07) is 14.1. The highest BCUT2D eigenvalue weighted by Gasteiger charge is 2.06. The van der Waals surface area contributed by atoms with Crippen LogP contribution < -0.4 is 10.9 Å². The van der Waals surface area contributed by atoms with Gasteiger partial charge in [-0.3, -0.25) is 14.6 Å². The van der Waals surface area contributed by atoms with Crippen molar-refractivity contribution in [1.29, 1.82) is 0 Å². The zero-order valence-electron chi connectivity index (χ0n) is 11.9. The number of hydrogen-bond donors (Lipinski definition) is 1. The normalized spacial score (nSPS) is 10.5. The molecule has 0 aliphatic heterocycles. The van der Waals surface area contributed by atoms with Gasteiger partial charge in [0.15, 0.2) is 0 Å². The molecule has 1 aromatic carbocycles. The van der Waals surface area contributed by atoms with Crippen LogP contribution in [0, 0.1) is 0 Å². The maximum atomic E-state index is 12.1. The molecule has 110 valence electrons. The van der Waals surface area contributed by atoms with Gasteiger partial charge in [-0.2, -0.15) is 0 Å². The fourth-order valence-corrected chi connectivity index (χ4v) is 2.25. The monoisotopic (exact) mass is 293 g/mol. The van der Waals surface area contributed by atoms with E-state index in [1.165, 1.54) is 6.07 Å². The molecular formula is C17H15N3O2. The Kier molecular flexibility index (Phi) is 3.96. The summed E-state index contributed by atoms with van der Waals surface area (Å²) in [5, 5.41) is 3.75. The van der Waals surface area contributed by atoms with Gasteiger partial charge >= 0.3 is 0 Å². The van der Waals surface area contributed by atoms with Crippen LogP contribution in [0.2, 0.25) is 0 Å². The van der Waals surface area contributed by atoms with Crippen molar-refractivity contribution in [2.24, 2.45) is 0 Å². The summed E-state index contributed by atoms with van der Waals surface area (Å²) in [5.74, 6) is -0.158. The average Bonchev–Trinajstić information content (AvgIpc) is 2.56. The molecule has 0 bridgehead atoms. The van der Waals surface area contributed by atoms with Crippen LogP contribution in [0.15, 0.2) is 65.7 Å². The number of fused-ring (bicyclic) bond motifs is 1. The largest absolute Gasteiger partial charge is 0.350 e. The molecule has 0 saturated heterocycles. The van der Waals surface area contributed by atoms with Crippen LogP contribution in [-0.4, -0.2) is 22.0 Å². The lowest BCUT2D eigenvalue weighted by Crippen LogP contribution is -2.30. The third-order valence-electron chi connectivity index (χ3n) is 3.40. The molecule has 3 aromatic rings. The number of carbonyl (C=O) groups excluding carboxylic acids is 1. The predicted octanol–water partition coefficient (Wildman–Crippen LogP) is 1.83. The van der Waals surface area contributed by atoms with Crippen LogP contribution in [-0.2, 0) is 6.54 Å². The summed E-state index contributed by atoms with van der Waals surface area (Å²) >= 11 is 0. The fraction of sp³-hybridized carbons (Fsp3) is 0.118. The van der Waals surface area contributed by atoms with Crippen molar-refractivity contribution < 1.29 is 4.79 Å². The van der Waals surface area contributed by atoms with E-state index in [9.17, 15) is 9.59 Å². The highest BCUT2D eigenvalue weighted by Crippen LogP contribution is 2.13. The zero-order valence-corrected chi connectivity index (χ0v) is 11.9. The van der Waals surface area contributed by atoms with Crippen LogP contribution in [0.3, 0.4) is 0 Å². The quantitative estimate of drug-likeness (QED) is 0.798. The molecule has 3 rings (SSSR count). The first-order valence-corrected chi connectivity index (χ1v) is 7.02. The Morgan fingerprint density at radius 3 is 2.91 bits per heavy atom. The number of aromatic nitrogens is 2. The first-order valence-electron chi connectivity index (χ1n) is 7.02. The smallest absolute Gasteiger partial charge is 0.251 e. The Bertz CT molecular complexity index is 871. The van der Waals surface area contributed by atoms with Crippen molar-refractivity contribution in [3.05, 3.63) is 76.8 Å². The van der Waals surface area contributed by atoms with Gasteiger partial charge in [0.25, 0.3) is 11.5 Å². The summed E-state index contributed by atoms with van der Waals surface area (Å²) < 4.78 is 1.56. The molecule has 0 atom stereocenters. The van der Waals surface area contributed by atoms with Crippen molar-refractivity contribution >= 4 is 16.8 Å². The molecular weight excluding hydrogens is 278 g/mol. The molecule has 22 heavy (non-hydrogen) atoms. The zero-order chi connectivity index (χ0) is 15.4. The molecule has 0 saturated carbocycles. The number of amides is 1. The molecule has 0 unspecified atom stereocenters. The van der Waals surface area contributed by atoms with E-state index in [-0.39, 0.29) is 11.5 Å². The van der Waals surface area contributed by atoms with Crippen LogP contribution in [0.4, 0.5) is 0 Å². The number of nitrogens with one attached hydrogen (secondary N) is 1. The van der Waals surface area contributed by atoms with E-state index in [2.05, 4.69) is 10.3 Å². The highest BCUT2D eigenvalue weighted by atomic mass is 16.1. The van der Waals surface area contributed by atoms with Crippen molar-refractivity contribution in [2.45, 2.75) is 6.54 Å². The number of pyridine rings is 2. The second kappa shape index (κ2) is 6.22. The van der Waals surface area contributed by atoms with Crippen LogP contribution in [0.1, 0.15) is 10.4 Å². The molecule has 2 aromatic heterocycles. The molecule has 0 spiro atoms. The van der Waals surface area contributed by atoms with Crippen molar-refractivity contribution in [2.75, 3.05) is 6.54 Å². The first-order chi connectivity index (χ1) is 10.7. The molecule has 2 heterocycles. The molecule has 1 N–H and O–H groups in total. The minimum Gasteiger partial charge on any atom is -0.350 e. The van der Waals surface area contributed by atoms with E-state index < -0.39 is 0 Å². The Labute approximate surface area is 127 Å². The van der Waals surface area contributed by atoms with Gasteiger partial charge < -0.3 is 9.88 Å². The van der Waals surface area contributed by atoms with E-state index in [1.54, 1.807) is 35.2 Å². The molecule has 0 radical (unpaired) electrons. The van der Waals surface area contributed by atoms with E-state index in [0.717, 1.165) is 10.9 Å². The number of hydrogen-bond acceptors (Lipinski definition) is 3. The Morgan fingerprint density at radius 1 is 1.14 bits per heavy atom. The molecule has 0 aliphatic rings. The van der Waals surface area contributed by atoms with Crippen molar-refractivity contribution in [3.8, 4) is 0 Å². The van der Waals surface area contributed by atoms with Gasteiger partial charge in [-0.25, -0.2) is 0 Å². The lowest BCUT2D eigenvalue weighted by Gasteiger charge is -2.08. The number of rotatable bonds is 4. The van der Waals surface area contributed by atoms with Gasteiger partial charge in [0.2, 0.25) is 0 Å². The van der Waals surface area contributed by atoms with E-state index in [4.69, 9.17) is 0 Å². The molecule has 5 nitrogen and oxygen atoms in total. The Hall–Kier alpha value is -2.95. The SMILES string of the molecule is O=C(NCCn1ccccc1=O)c1ccc2ncccc2c1. The second-order valence-electron chi connectivity index (χ2n) is 4.90. The van der Waals surface area contributed by atoms with Crippen LogP contribution >= 0.6 is 0 Å². The standard InChI is InChI=1S/C17H15N3O2/c21-16-5-1-2-10-20(16)11-9-19-17(22)14-6-7-15-13(12-14)4-3-8-18-15/h1-8,10,12H,9,11H2,(H,19,22). The topological polar surface area (TPSA) is 64.0 Å². The predicted molar refractivity (Wildman–Crippen MR) is 84.8 cm³/mol. The third-order valence-corrected chi connectivity index (χ3v) is 3.40. The Morgan fingerprint density at radius 2 is 2.05 bits per heavy atom. The van der Waals surface area contributed by atoms with Crippen LogP contribution in [0.5, 0.6) is 0 Å².